The lowest BCUT2D eigenvalue weighted by atomic mass is 9.99. The molecule has 0 saturated carbocycles. The minimum Gasteiger partial charge on any atom is -0.387 e. The van der Waals surface area contributed by atoms with Crippen molar-refractivity contribution in [3.63, 3.8) is 0 Å². The summed E-state index contributed by atoms with van der Waals surface area (Å²) in [5.41, 5.74) is 0.721. The minimum absolute atomic E-state index is 0.402. The van der Waals surface area contributed by atoms with Gasteiger partial charge in [0.2, 0.25) is 0 Å². The molecular weight excluding hydrogens is 186 g/mol. The van der Waals surface area contributed by atoms with Crippen LogP contribution in [-0.2, 0) is 0 Å². The zero-order chi connectivity index (χ0) is 9.84. The second-order valence-electron chi connectivity index (χ2n) is 2.91. The quantitative estimate of drug-likeness (QED) is 0.788. The maximum absolute atomic E-state index is 9.61. The first-order chi connectivity index (χ1) is 6.15. The van der Waals surface area contributed by atoms with E-state index < -0.39 is 12.0 Å². The lowest BCUT2D eigenvalue weighted by Crippen LogP contribution is -2.06. The lowest BCUT2D eigenvalue weighted by Gasteiger charge is -2.12. The maximum Gasteiger partial charge on any atom is 0.0945 e. The lowest BCUT2D eigenvalue weighted by molar-refractivity contribution is 0.143. The smallest absolute Gasteiger partial charge is 0.0945 e. The number of halogens is 1. The average molecular weight is 196 g/mol. The van der Waals surface area contributed by atoms with Gasteiger partial charge in [-0.3, -0.25) is 0 Å². The Hall–Kier alpha value is -1.04. The van der Waals surface area contributed by atoms with E-state index in [4.69, 9.17) is 16.9 Å². The van der Waals surface area contributed by atoms with Gasteiger partial charge in [-0.2, -0.15) is 5.26 Å². The molecule has 0 aliphatic rings. The van der Waals surface area contributed by atoms with Gasteiger partial charge in [0.15, 0.2) is 0 Å². The van der Waals surface area contributed by atoms with Crippen molar-refractivity contribution in [2.45, 2.75) is 13.0 Å². The Kier molecular flexibility index (Phi) is 3.30. The summed E-state index contributed by atoms with van der Waals surface area (Å²) in [5.74, 6) is -0.402. The summed E-state index contributed by atoms with van der Waals surface area (Å²) >= 11 is 5.68. The monoisotopic (exact) mass is 195 g/mol. The van der Waals surface area contributed by atoms with Gasteiger partial charge in [-0.1, -0.05) is 23.7 Å². The molecule has 1 N–H and O–H groups in total. The molecule has 1 aromatic rings. The second-order valence-corrected chi connectivity index (χ2v) is 3.35. The van der Waals surface area contributed by atoms with Gasteiger partial charge < -0.3 is 5.11 Å². The topological polar surface area (TPSA) is 44.0 Å². The van der Waals surface area contributed by atoms with Gasteiger partial charge in [0, 0.05) is 5.02 Å². The molecule has 0 aliphatic carbocycles. The molecule has 0 spiro atoms. The highest BCUT2D eigenvalue weighted by molar-refractivity contribution is 6.30. The summed E-state index contributed by atoms with van der Waals surface area (Å²) in [6, 6.07) is 8.84. The number of nitrogens with zero attached hydrogens (tertiary/aromatic N) is 1. The van der Waals surface area contributed by atoms with Gasteiger partial charge in [-0.25, -0.2) is 0 Å². The highest BCUT2D eigenvalue weighted by Crippen LogP contribution is 2.22. The molecule has 0 fully saturated rings. The second kappa shape index (κ2) is 4.27. The molecule has 0 heterocycles. The average Bonchev–Trinajstić information content (AvgIpc) is 2.17. The number of rotatable bonds is 2. The molecular formula is C10H10ClNO. The molecule has 13 heavy (non-hydrogen) atoms. The van der Waals surface area contributed by atoms with E-state index in [9.17, 15) is 5.11 Å². The predicted molar refractivity (Wildman–Crippen MR) is 51.2 cm³/mol. The van der Waals surface area contributed by atoms with Crippen molar-refractivity contribution in [2.75, 3.05) is 0 Å². The number of aliphatic hydroxyl groups excluding tert-OH is 1. The fraction of sp³-hybridized carbons (Fsp3) is 0.300. The van der Waals surface area contributed by atoms with Crippen LogP contribution in [0.3, 0.4) is 0 Å². The van der Waals surface area contributed by atoms with Crippen LogP contribution in [0.25, 0.3) is 0 Å². The molecule has 3 heteroatoms. The first-order valence-electron chi connectivity index (χ1n) is 3.98. The van der Waals surface area contributed by atoms with Gasteiger partial charge in [0.1, 0.15) is 0 Å². The zero-order valence-corrected chi connectivity index (χ0v) is 7.99. The van der Waals surface area contributed by atoms with Gasteiger partial charge in [0.25, 0.3) is 0 Å². The molecule has 0 amide bonds. The van der Waals surface area contributed by atoms with Gasteiger partial charge in [-0.05, 0) is 24.6 Å². The van der Waals surface area contributed by atoms with E-state index in [1.165, 1.54) is 0 Å². The van der Waals surface area contributed by atoms with Crippen LogP contribution in [0.5, 0.6) is 0 Å². The number of benzene rings is 1. The van der Waals surface area contributed by atoms with Gasteiger partial charge in [0.05, 0.1) is 18.1 Å². The Morgan fingerprint density at radius 1 is 1.38 bits per heavy atom. The van der Waals surface area contributed by atoms with Crippen LogP contribution >= 0.6 is 11.6 Å². The highest BCUT2D eigenvalue weighted by atomic mass is 35.5. The molecule has 0 saturated heterocycles. The fourth-order valence-corrected chi connectivity index (χ4v) is 1.15. The van der Waals surface area contributed by atoms with Gasteiger partial charge in [-0.15, -0.1) is 0 Å². The first kappa shape index (κ1) is 10.0. The van der Waals surface area contributed by atoms with Crippen LogP contribution in [-0.4, -0.2) is 5.11 Å². The van der Waals surface area contributed by atoms with Gasteiger partial charge >= 0.3 is 0 Å². The summed E-state index contributed by atoms with van der Waals surface area (Å²) in [6.45, 7) is 1.68. The zero-order valence-electron chi connectivity index (χ0n) is 7.24. The van der Waals surface area contributed by atoms with Crippen LogP contribution in [0.4, 0.5) is 0 Å². The summed E-state index contributed by atoms with van der Waals surface area (Å²) < 4.78 is 0. The molecule has 68 valence electrons. The molecule has 0 aromatic heterocycles. The molecule has 1 rings (SSSR count). The van der Waals surface area contributed by atoms with E-state index in [0.29, 0.717) is 5.02 Å². The highest BCUT2D eigenvalue weighted by Gasteiger charge is 2.14. The number of nitriles is 1. The summed E-state index contributed by atoms with van der Waals surface area (Å²) in [4.78, 5) is 0. The van der Waals surface area contributed by atoms with Crippen LogP contribution in [0, 0.1) is 17.2 Å². The Morgan fingerprint density at radius 2 is 1.92 bits per heavy atom. The largest absolute Gasteiger partial charge is 0.387 e. The van der Waals surface area contributed by atoms with E-state index in [-0.39, 0.29) is 0 Å². The summed E-state index contributed by atoms with van der Waals surface area (Å²) in [7, 11) is 0. The third kappa shape index (κ3) is 2.45. The molecule has 2 atom stereocenters. The first-order valence-corrected chi connectivity index (χ1v) is 4.36. The van der Waals surface area contributed by atoms with Crippen molar-refractivity contribution in [1.29, 1.82) is 5.26 Å². The maximum atomic E-state index is 9.61. The van der Waals surface area contributed by atoms with Crippen molar-refractivity contribution in [3.05, 3.63) is 34.9 Å². The van der Waals surface area contributed by atoms with Crippen molar-refractivity contribution in [1.82, 2.24) is 0 Å². The van der Waals surface area contributed by atoms with Crippen molar-refractivity contribution in [3.8, 4) is 6.07 Å². The van der Waals surface area contributed by atoms with Crippen LogP contribution in [0.1, 0.15) is 18.6 Å². The molecule has 0 aliphatic heterocycles. The summed E-state index contributed by atoms with van der Waals surface area (Å²) in [6.07, 6.45) is -0.734. The van der Waals surface area contributed by atoms with Crippen LogP contribution in [0.15, 0.2) is 24.3 Å². The Labute approximate surface area is 82.4 Å². The SMILES string of the molecule is C[C@H](C#N)[C@@H](O)c1ccc(Cl)cc1. The van der Waals surface area contributed by atoms with Crippen LogP contribution in [0.2, 0.25) is 5.02 Å². The third-order valence-electron chi connectivity index (χ3n) is 1.89. The normalized spacial score (nSPS) is 14.6. The molecule has 2 nitrogen and oxygen atoms in total. The van der Waals surface area contributed by atoms with E-state index >= 15 is 0 Å². The van der Waals surface area contributed by atoms with E-state index in [2.05, 4.69) is 0 Å². The van der Waals surface area contributed by atoms with E-state index in [1.807, 2.05) is 6.07 Å². The molecule has 0 bridgehead atoms. The Bertz CT molecular complexity index is 315. The Balaban J connectivity index is 2.84. The summed E-state index contributed by atoms with van der Waals surface area (Å²) in [5, 5.41) is 18.8. The Morgan fingerprint density at radius 3 is 2.38 bits per heavy atom. The predicted octanol–water partition coefficient (Wildman–Crippen LogP) is 2.53. The van der Waals surface area contributed by atoms with E-state index in [0.717, 1.165) is 5.56 Å². The number of hydrogen-bond donors (Lipinski definition) is 1. The van der Waals surface area contributed by atoms with Crippen molar-refractivity contribution in [2.24, 2.45) is 5.92 Å². The van der Waals surface area contributed by atoms with Crippen LogP contribution < -0.4 is 0 Å². The fourth-order valence-electron chi connectivity index (χ4n) is 1.02. The van der Waals surface area contributed by atoms with Crippen molar-refractivity contribution >= 4 is 11.6 Å². The number of hydrogen-bond acceptors (Lipinski definition) is 2. The van der Waals surface area contributed by atoms with E-state index in [1.54, 1.807) is 31.2 Å². The standard InChI is InChI=1S/C10H10ClNO/c1-7(6-12)10(13)8-2-4-9(11)5-3-8/h2-5,7,10,13H,1H3/t7-,10-/m1/s1. The molecule has 0 unspecified atom stereocenters. The molecule has 0 radical (unpaired) electrons. The number of aliphatic hydroxyl groups is 1. The van der Waals surface area contributed by atoms with Crippen molar-refractivity contribution < 1.29 is 5.11 Å². The molecule has 1 aromatic carbocycles. The minimum atomic E-state index is -0.734. The third-order valence-corrected chi connectivity index (χ3v) is 2.14.